The Morgan fingerprint density at radius 1 is 1.46 bits per heavy atom. The SMILES string of the molecule is CC[C@@]12CN(OCCF)[C@@H]([C@H](n3cnc4c(N)ncnc43)O1)[C@@H]2C. The zero-order valence-electron chi connectivity index (χ0n) is 13.7. The quantitative estimate of drug-likeness (QED) is 0.880. The molecule has 2 aliphatic rings. The number of imidazole rings is 1. The average Bonchev–Trinajstić information content (AvgIpc) is 3.22. The molecule has 2 N–H and O–H groups in total. The largest absolute Gasteiger partial charge is 0.382 e. The zero-order chi connectivity index (χ0) is 16.9. The van der Waals surface area contributed by atoms with E-state index in [0.717, 1.165) is 6.42 Å². The first-order valence-electron chi connectivity index (χ1n) is 8.17. The van der Waals surface area contributed by atoms with Crippen molar-refractivity contribution < 1.29 is 14.0 Å². The third-order valence-corrected chi connectivity index (χ3v) is 5.34. The number of hydrogen-bond acceptors (Lipinski definition) is 7. The fraction of sp³-hybridized carbons (Fsp3) is 0.667. The Bertz CT molecular complexity index is 755. The zero-order valence-corrected chi connectivity index (χ0v) is 13.7. The summed E-state index contributed by atoms with van der Waals surface area (Å²) in [5, 5.41) is 1.86. The normalized spacial score (nSPS) is 32.9. The van der Waals surface area contributed by atoms with Crippen molar-refractivity contribution in [3.63, 3.8) is 0 Å². The molecule has 2 bridgehead atoms. The van der Waals surface area contributed by atoms with E-state index in [1.165, 1.54) is 6.33 Å². The maximum atomic E-state index is 12.6. The van der Waals surface area contributed by atoms with Gasteiger partial charge < -0.3 is 10.5 Å². The Hall–Kier alpha value is -1.84. The summed E-state index contributed by atoms with van der Waals surface area (Å²) in [5.41, 5.74) is 6.74. The number of anilines is 1. The van der Waals surface area contributed by atoms with Gasteiger partial charge in [0.1, 0.15) is 18.5 Å². The van der Waals surface area contributed by atoms with Crippen molar-refractivity contribution in [3.05, 3.63) is 12.7 Å². The lowest BCUT2D eigenvalue weighted by Gasteiger charge is -2.36. The van der Waals surface area contributed by atoms with Crippen molar-refractivity contribution in [2.75, 3.05) is 25.6 Å². The van der Waals surface area contributed by atoms with Gasteiger partial charge in [-0.3, -0.25) is 9.40 Å². The number of hydrogen-bond donors (Lipinski definition) is 1. The minimum absolute atomic E-state index is 0.0370. The molecule has 0 saturated carbocycles. The fourth-order valence-corrected chi connectivity index (χ4v) is 4.00. The first-order valence-corrected chi connectivity index (χ1v) is 8.17. The Morgan fingerprint density at radius 2 is 2.29 bits per heavy atom. The van der Waals surface area contributed by atoms with Crippen LogP contribution in [-0.4, -0.2) is 56.1 Å². The van der Waals surface area contributed by atoms with Crippen LogP contribution in [0.3, 0.4) is 0 Å². The molecular formula is C15H21FN6O2. The summed E-state index contributed by atoms with van der Waals surface area (Å²) in [6.45, 7) is 4.42. The number of nitrogens with two attached hydrogens (primary N) is 1. The minimum Gasteiger partial charge on any atom is -0.382 e. The number of alkyl halides is 1. The van der Waals surface area contributed by atoms with Crippen molar-refractivity contribution in [3.8, 4) is 0 Å². The number of hydroxylamine groups is 2. The number of aromatic nitrogens is 4. The Morgan fingerprint density at radius 3 is 3.00 bits per heavy atom. The summed E-state index contributed by atoms with van der Waals surface area (Å²) >= 11 is 0. The van der Waals surface area contributed by atoms with E-state index >= 15 is 0 Å². The molecule has 2 aromatic heterocycles. The predicted octanol–water partition coefficient (Wildman–Crippen LogP) is 1.31. The molecule has 4 atom stereocenters. The molecule has 0 aromatic carbocycles. The van der Waals surface area contributed by atoms with Crippen LogP contribution in [0.4, 0.5) is 10.2 Å². The van der Waals surface area contributed by atoms with E-state index in [9.17, 15) is 4.39 Å². The first kappa shape index (κ1) is 15.7. The van der Waals surface area contributed by atoms with Gasteiger partial charge in [0, 0.05) is 5.92 Å². The van der Waals surface area contributed by atoms with Gasteiger partial charge in [0.2, 0.25) is 0 Å². The van der Waals surface area contributed by atoms with Crippen LogP contribution in [0.25, 0.3) is 11.2 Å². The second-order valence-electron chi connectivity index (χ2n) is 6.39. The topological polar surface area (TPSA) is 91.3 Å². The van der Waals surface area contributed by atoms with Crippen LogP contribution in [-0.2, 0) is 9.57 Å². The second kappa shape index (κ2) is 5.61. The standard InChI is InChI=1S/C15H21FN6O2/c1-3-15-6-22(23-5-4-16)11(9(15)2)14(24-15)21-8-20-10-12(17)18-7-19-13(10)21/h7-9,11,14H,3-6H2,1-2H3,(H2,17,18,19)/t9-,11+,14+,15-/m0/s1. The van der Waals surface area contributed by atoms with Gasteiger partial charge in [0.15, 0.2) is 17.7 Å². The monoisotopic (exact) mass is 336 g/mol. The third-order valence-electron chi connectivity index (χ3n) is 5.34. The summed E-state index contributed by atoms with van der Waals surface area (Å²) in [7, 11) is 0. The van der Waals surface area contributed by atoms with Crippen molar-refractivity contribution in [1.82, 2.24) is 24.6 Å². The van der Waals surface area contributed by atoms with Gasteiger partial charge in [-0.2, -0.15) is 5.06 Å². The molecule has 2 aromatic rings. The number of fused-ring (bicyclic) bond motifs is 3. The van der Waals surface area contributed by atoms with E-state index in [4.69, 9.17) is 15.3 Å². The van der Waals surface area contributed by atoms with Gasteiger partial charge in [-0.15, -0.1) is 0 Å². The number of nitrogens with zero attached hydrogens (tertiary/aromatic N) is 5. The lowest BCUT2D eigenvalue weighted by Crippen LogP contribution is -2.45. The molecule has 2 aliphatic heterocycles. The highest BCUT2D eigenvalue weighted by molar-refractivity contribution is 5.81. The summed E-state index contributed by atoms with van der Waals surface area (Å²) in [4.78, 5) is 18.2. The molecule has 0 spiro atoms. The Labute approximate surface area is 138 Å². The average molecular weight is 336 g/mol. The highest BCUT2D eigenvalue weighted by Gasteiger charge is 2.62. The summed E-state index contributed by atoms with van der Waals surface area (Å²) < 4.78 is 20.8. The third kappa shape index (κ3) is 2.04. The molecule has 0 amide bonds. The molecule has 2 fully saturated rings. The van der Waals surface area contributed by atoms with Crippen LogP contribution in [0.2, 0.25) is 0 Å². The maximum absolute atomic E-state index is 12.6. The molecule has 0 radical (unpaired) electrons. The van der Waals surface area contributed by atoms with Crippen LogP contribution in [0.5, 0.6) is 0 Å². The van der Waals surface area contributed by atoms with Gasteiger partial charge >= 0.3 is 0 Å². The molecule has 0 aliphatic carbocycles. The molecule has 4 rings (SSSR count). The number of morpholine rings is 1. The number of rotatable bonds is 5. The highest BCUT2D eigenvalue weighted by Crippen LogP contribution is 2.52. The van der Waals surface area contributed by atoms with Crippen LogP contribution < -0.4 is 5.73 Å². The van der Waals surface area contributed by atoms with Gasteiger partial charge in [-0.1, -0.05) is 13.8 Å². The van der Waals surface area contributed by atoms with E-state index in [1.807, 2.05) is 9.63 Å². The molecule has 4 heterocycles. The summed E-state index contributed by atoms with van der Waals surface area (Å²) in [6, 6.07) is -0.0370. The van der Waals surface area contributed by atoms with Crippen LogP contribution in [0, 0.1) is 5.92 Å². The number of ether oxygens (including phenoxy) is 1. The molecule has 2 saturated heterocycles. The molecule has 8 nitrogen and oxygen atoms in total. The second-order valence-corrected chi connectivity index (χ2v) is 6.39. The maximum Gasteiger partial charge on any atom is 0.167 e. The number of nitrogen functional groups attached to an aromatic ring is 1. The molecule has 24 heavy (non-hydrogen) atoms. The minimum atomic E-state index is -0.514. The molecule has 0 unspecified atom stereocenters. The smallest absolute Gasteiger partial charge is 0.167 e. The van der Waals surface area contributed by atoms with Crippen LogP contribution in [0.1, 0.15) is 26.5 Å². The molecular weight excluding hydrogens is 315 g/mol. The van der Waals surface area contributed by atoms with Crippen molar-refractivity contribution >= 4 is 17.0 Å². The van der Waals surface area contributed by atoms with Crippen LogP contribution in [0.15, 0.2) is 12.7 Å². The first-order chi connectivity index (χ1) is 11.6. The van der Waals surface area contributed by atoms with Crippen molar-refractivity contribution in [1.29, 1.82) is 0 Å². The van der Waals surface area contributed by atoms with Gasteiger partial charge in [-0.05, 0) is 6.42 Å². The van der Waals surface area contributed by atoms with Gasteiger partial charge in [0.05, 0.1) is 31.1 Å². The Kier molecular flexibility index (Phi) is 3.66. The molecule has 9 heteroatoms. The predicted molar refractivity (Wildman–Crippen MR) is 84.5 cm³/mol. The highest BCUT2D eigenvalue weighted by atomic mass is 19.1. The fourth-order valence-electron chi connectivity index (χ4n) is 4.00. The van der Waals surface area contributed by atoms with Crippen molar-refractivity contribution in [2.24, 2.45) is 5.92 Å². The van der Waals surface area contributed by atoms with E-state index in [0.29, 0.717) is 23.5 Å². The van der Waals surface area contributed by atoms with E-state index < -0.39 is 6.67 Å². The van der Waals surface area contributed by atoms with Crippen molar-refractivity contribution in [2.45, 2.75) is 38.1 Å². The molecule has 130 valence electrons. The lowest BCUT2D eigenvalue weighted by atomic mass is 9.88. The van der Waals surface area contributed by atoms with Crippen LogP contribution >= 0.6 is 0 Å². The van der Waals surface area contributed by atoms with Gasteiger partial charge in [-0.25, -0.2) is 19.3 Å². The number of halogens is 1. The van der Waals surface area contributed by atoms with E-state index in [1.54, 1.807) is 6.33 Å². The Balaban J connectivity index is 1.74. The summed E-state index contributed by atoms with van der Waals surface area (Å²) in [6.07, 6.45) is 3.62. The van der Waals surface area contributed by atoms with Gasteiger partial charge in [0.25, 0.3) is 0 Å². The summed E-state index contributed by atoms with van der Waals surface area (Å²) in [5.74, 6) is 0.578. The van der Waals surface area contributed by atoms with E-state index in [2.05, 4.69) is 28.8 Å². The van der Waals surface area contributed by atoms with E-state index in [-0.39, 0.29) is 30.4 Å². The lowest BCUT2D eigenvalue weighted by molar-refractivity contribution is -0.248.